The fourth-order valence-corrected chi connectivity index (χ4v) is 1.44. The summed E-state index contributed by atoms with van der Waals surface area (Å²) >= 11 is 3.21. The van der Waals surface area contributed by atoms with Crippen LogP contribution in [-0.4, -0.2) is 4.98 Å². The van der Waals surface area contributed by atoms with E-state index < -0.39 is 11.6 Å². The van der Waals surface area contributed by atoms with E-state index in [-0.39, 0.29) is 11.6 Å². The molecule has 1 aromatic carbocycles. The molecule has 5 heteroatoms. The zero-order valence-electron chi connectivity index (χ0n) is 7.95. The van der Waals surface area contributed by atoms with Crippen molar-refractivity contribution in [2.45, 2.75) is 0 Å². The topological polar surface area (TPSA) is 22.1 Å². The molecule has 0 unspecified atom stereocenters. The lowest BCUT2D eigenvalue weighted by Crippen LogP contribution is -1.92. The summed E-state index contributed by atoms with van der Waals surface area (Å²) in [5.74, 6) is -1.25. The van der Waals surface area contributed by atoms with Gasteiger partial charge < -0.3 is 4.74 Å². The summed E-state index contributed by atoms with van der Waals surface area (Å²) in [4.78, 5) is 3.91. The first-order valence-electron chi connectivity index (χ1n) is 4.40. The Bertz CT molecular complexity index is 519. The number of benzene rings is 1. The molecule has 2 aromatic rings. The number of halogens is 3. The first-order chi connectivity index (χ1) is 7.66. The molecule has 82 valence electrons. The molecule has 1 aromatic heterocycles. The second-order valence-corrected chi connectivity index (χ2v) is 3.82. The molecule has 0 atom stereocenters. The SMILES string of the molecule is Fc1ccc(Oc2ncccc2Br)c(F)c1. The Hall–Kier alpha value is -1.49. The van der Waals surface area contributed by atoms with Crippen molar-refractivity contribution in [1.82, 2.24) is 4.98 Å². The third-order valence-corrected chi connectivity index (χ3v) is 2.43. The largest absolute Gasteiger partial charge is 0.435 e. The van der Waals surface area contributed by atoms with E-state index in [1.165, 1.54) is 12.3 Å². The molecular formula is C11H6BrF2NO. The van der Waals surface area contributed by atoms with Crippen LogP contribution in [0.3, 0.4) is 0 Å². The van der Waals surface area contributed by atoms with Gasteiger partial charge in [0.15, 0.2) is 11.6 Å². The summed E-state index contributed by atoms with van der Waals surface area (Å²) in [6.45, 7) is 0. The third-order valence-electron chi connectivity index (χ3n) is 1.83. The van der Waals surface area contributed by atoms with Gasteiger partial charge in [-0.2, -0.15) is 0 Å². The Morgan fingerprint density at radius 2 is 2.00 bits per heavy atom. The number of rotatable bonds is 2. The standard InChI is InChI=1S/C11H6BrF2NO/c12-8-2-1-5-15-11(8)16-10-4-3-7(13)6-9(10)14/h1-6H. The van der Waals surface area contributed by atoms with Crippen molar-refractivity contribution in [3.8, 4) is 11.6 Å². The van der Waals surface area contributed by atoms with E-state index in [9.17, 15) is 8.78 Å². The molecule has 0 spiro atoms. The fourth-order valence-electron chi connectivity index (χ4n) is 1.11. The lowest BCUT2D eigenvalue weighted by Gasteiger charge is -2.06. The summed E-state index contributed by atoms with van der Waals surface area (Å²) in [6, 6.07) is 6.51. The van der Waals surface area contributed by atoms with E-state index >= 15 is 0 Å². The van der Waals surface area contributed by atoms with Crippen LogP contribution in [0, 0.1) is 11.6 Å². The highest BCUT2D eigenvalue weighted by Gasteiger charge is 2.08. The van der Waals surface area contributed by atoms with Gasteiger partial charge in [0.25, 0.3) is 0 Å². The van der Waals surface area contributed by atoms with E-state index in [1.807, 2.05) is 0 Å². The molecule has 0 fully saturated rings. The minimum Gasteiger partial charge on any atom is -0.435 e. The van der Waals surface area contributed by atoms with Gasteiger partial charge in [-0.15, -0.1) is 0 Å². The first kappa shape index (κ1) is 11.0. The Morgan fingerprint density at radius 3 is 2.69 bits per heavy atom. The van der Waals surface area contributed by atoms with Crippen LogP contribution >= 0.6 is 15.9 Å². The average molecular weight is 286 g/mol. The van der Waals surface area contributed by atoms with E-state index in [4.69, 9.17) is 4.74 Å². The van der Waals surface area contributed by atoms with Crippen molar-refractivity contribution in [2.24, 2.45) is 0 Å². The lowest BCUT2D eigenvalue weighted by atomic mass is 10.3. The number of ether oxygens (including phenoxy) is 1. The Labute approximate surface area is 99.0 Å². The zero-order chi connectivity index (χ0) is 11.5. The molecule has 16 heavy (non-hydrogen) atoms. The molecule has 0 N–H and O–H groups in total. The van der Waals surface area contributed by atoms with Crippen molar-refractivity contribution >= 4 is 15.9 Å². The van der Waals surface area contributed by atoms with Crippen LogP contribution in [0.5, 0.6) is 11.6 Å². The second-order valence-electron chi connectivity index (χ2n) is 2.97. The molecule has 2 nitrogen and oxygen atoms in total. The van der Waals surface area contributed by atoms with E-state index in [0.29, 0.717) is 4.47 Å². The highest BCUT2D eigenvalue weighted by atomic mass is 79.9. The van der Waals surface area contributed by atoms with Crippen LogP contribution < -0.4 is 4.74 Å². The van der Waals surface area contributed by atoms with Crippen molar-refractivity contribution < 1.29 is 13.5 Å². The van der Waals surface area contributed by atoms with Crippen LogP contribution in [0.15, 0.2) is 41.0 Å². The van der Waals surface area contributed by atoms with Gasteiger partial charge >= 0.3 is 0 Å². The molecule has 0 bridgehead atoms. The molecule has 0 amide bonds. The minimum atomic E-state index is -0.766. The van der Waals surface area contributed by atoms with Gasteiger partial charge in [0.2, 0.25) is 5.88 Å². The summed E-state index contributed by atoms with van der Waals surface area (Å²) in [7, 11) is 0. The first-order valence-corrected chi connectivity index (χ1v) is 5.19. The van der Waals surface area contributed by atoms with Gasteiger partial charge in [0.1, 0.15) is 5.82 Å². The Balaban J connectivity index is 2.31. The van der Waals surface area contributed by atoms with Crippen molar-refractivity contribution in [1.29, 1.82) is 0 Å². The van der Waals surface area contributed by atoms with Gasteiger partial charge in [-0.3, -0.25) is 0 Å². The number of hydrogen-bond acceptors (Lipinski definition) is 2. The predicted molar refractivity (Wildman–Crippen MR) is 58.4 cm³/mol. The van der Waals surface area contributed by atoms with Crippen molar-refractivity contribution in [2.75, 3.05) is 0 Å². The van der Waals surface area contributed by atoms with E-state index in [1.54, 1.807) is 12.1 Å². The van der Waals surface area contributed by atoms with Gasteiger partial charge in [0.05, 0.1) is 4.47 Å². The number of pyridine rings is 1. The molecule has 0 aliphatic heterocycles. The molecule has 0 radical (unpaired) electrons. The predicted octanol–water partition coefficient (Wildman–Crippen LogP) is 3.91. The molecule has 2 rings (SSSR count). The van der Waals surface area contributed by atoms with Gasteiger partial charge in [-0.1, -0.05) is 0 Å². The second kappa shape index (κ2) is 4.57. The fraction of sp³-hybridized carbons (Fsp3) is 0. The van der Waals surface area contributed by atoms with E-state index in [0.717, 1.165) is 12.1 Å². The number of hydrogen-bond donors (Lipinski definition) is 0. The van der Waals surface area contributed by atoms with Crippen molar-refractivity contribution in [3.63, 3.8) is 0 Å². The zero-order valence-corrected chi connectivity index (χ0v) is 9.54. The highest BCUT2D eigenvalue weighted by Crippen LogP contribution is 2.28. The van der Waals surface area contributed by atoms with Gasteiger partial charge in [-0.05, 0) is 40.2 Å². The van der Waals surface area contributed by atoms with Crippen LogP contribution in [-0.2, 0) is 0 Å². The highest BCUT2D eigenvalue weighted by molar-refractivity contribution is 9.10. The maximum Gasteiger partial charge on any atom is 0.233 e. The molecule has 0 saturated heterocycles. The van der Waals surface area contributed by atoms with E-state index in [2.05, 4.69) is 20.9 Å². The quantitative estimate of drug-likeness (QED) is 0.835. The normalized spacial score (nSPS) is 10.2. The minimum absolute atomic E-state index is 0.0687. The van der Waals surface area contributed by atoms with Crippen LogP contribution in [0.2, 0.25) is 0 Å². The summed E-state index contributed by atoms with van der Waals surface area (Å²) in [6.07, 6.45) is 1.52. The Kier molecular flexibility index (Phi) is 3.14. The summed E-state index contributed by atoms with van der Waals surface area (Å²) < 4.78 is 31.7. The third kappa shape index (κ3) is 2.36. The molecule has 0 saturated carbocycles. The lowest BCUT2D eigenvalue weighted by molar-refractivity contribution is 0.421. The van der Waals surface area contributed by atoms with Crippen LogP contribution in [0.4, 0.5) is 8.78 Å². The monoisotopic (exact) mass is 285 g/mol. The number of nitrogens with zero attached hydrogens (tertiary/aromatic N) is 1. The average Bonchev–Trinajstić information content (AvgIpc) is 2.25. The van der Waals surface area contributed by atoms with Gasteiger partial charge in [-0.25, -0.2) is 13.8 Å². The van der Waals surface area contributed by atoms with Gasteiger partial charge in [0, 0.05) is 12.3 Å². The number of aromatic nitrogens is 1. The van der Waals surface area contributed by atoms with Crippen LogP contribution in [0.1, 0.15) is 0 Å². The molecule has 0 aliphatic rings. The maximum absolute atomic E-state index is 13.3. The molecule has 1 heterocycles. The van der Waals surface area contributed by atoms with Crippen molar-refractivity contribution in [3.05, 3.63) is 52.6 Å². The maximum atomic E-state index is 13.3. The molecular weight excluding hydrogens is 280 g/mol. The van der Waals surface area contributed by atoms with Crippen LogP contribution in [0.25, 0.3) is 0 Å². The summed E-state index contributed by atoms with van der Waals surface area (Å²) in [5.41, 5.74) is 0. The Morgan fingerprint density at radius 1 is 1.19 bits per heavy atom. The molecule has 0 aliphatic carbocycles. The summed E-state index contributed by atoms with van der Waals surface area (Å²) in [5, 5.41) is 0. The smallest absolute Gasteiger partial charge is 0.233 e.